The molecule has 1 aromatic rings. The fourth-order valence-electron chi connectivity index (χ4n) is 1.45. The van der Waals surface area contributed by atoms with Crippen molar-refractivity contribution in [2.24, 2.45) is 0 Å². The van der Waals surface area contributed by atoms with Crippen molar-refractivity contribution in [2.45, 2.75) is 40.2 Å². The van der Waals surface area contributed by atoms with Crippen molar-refractivity contribution in [3.8, 4) is 0 Å². The van der Waals surface area contributed by atoms with Crippen LogP contribution in [0, 0.1) is 0 Å². The second-order valence-electron chi connectivity index (χ2n) is 3.51. The zero-order chi connectivity index (χ0) is 11.1. The third-order valence-electron chi connectivity index (χ3n) is 2.11. The lowest BCUT2D eigenvalue weighted by molar-refractivity contribution is -0.732. The fourth-order valence-corrected chi connectivity index (χ4v) is 1.45. The molecule has 0 aliphatic carbocycles. The molecule has 0 amide bonds. The molecule has 15 heavy (non-hydrogen) atoms. The zero-order valence-electron chi connectivity index (χ0n) is 9.85. The smallest absolute Gasteiger partial charge is 0.245 e. The molecule has 86 valence electrons. The Kier molecular flexibility index (Phi) is 5.36. The zero-order valence-corrected chi connectivity index (χ0v) is 9.85. The summed E-state index contributed by atoms with van der Waals surface area (Å²) in [6.07, 6.45) is 6.33. The molecule has 4 heteroatoms. The van der Waals surface area contributed by atoms with Gasteiger partial charge in [0.15, 0.2) is 6.73 Å². The maximum absolute atomic E-state index is 5.47. The number of nitrogens with zero attached hydrogens (tertiary/aromatic N) is 2. The van der Waals surface area contributed by atoms with Crippen LogP contribution < -0.4 is 4.57 Å². The van der Waals surface area contributed by atoms with Crippen LogP contribution in [0.2, 0.25) is 0 Å². The molecule has 1 unspecified atom stereocenters. The standard InChI is InChI=1S/C11H21N2O2/c1-4-14-10-13-7-6-12(9-13)8-11(3)15-5-2/h6-7,9,11H,4-5,8,10H2,1-3H3/q+1. The molecule has 0 spiro atoms. The van der Waals surface area contributed by atoms with Gasteiger partial charge in [0.25, 0.3) is 0 Å². The van der Waals surface area contributed by atoms with E-state index in [4.69, 9.17) is 9.47 Å². The van der Waals surface area contributed by atoms with Crippen molar-refractivity contribution < 1.29 is 14.0 Å². The lowest BCUT2D eigenvalue weighted by Crippen LogP contribution is -2.32. The number of hydrogen-bond acceptors (Lipinski definition) is 2. The quantitative estimate of drug-likeness (QED) is 0.636. The first-order valence-corrected chi connectivity index (χ1v) is 5.50. The Morgan fingerprint density at radius 1 is 1.33 bits per heavy atom. The van der Waals surface area contributed by atoms with Gasteiger partial charge in [-0.3, -0.25) is 0 Å². The van der Waals surface area contributed by atoms with E-state index in [2.05, 4.69) is 11.5 Å². The number of rotatable bonds is 7. The van der Waals surface area contributed by atoms with E-state index in [1.807, 2.05) is 37.1 Å². The molecule has 1 aromatic heterocycles. The van der Waals surface area contributed by atoms with Gasteiger partial charge in [0.1, 0.15) is 18.9 Å². The predicted molar refractivity (Wildman–Crippen MR) is 57.3 cm³/mol. The van der Waals surface area contributed by atoms with Gasteiger partial charge in [-0.1, -0.05) is 0 Å². The Bertz CT molecular complexity index is 273. The van der Waals surface area contributed by atoms with Gasteiger partial charge in [0.2, 0.25) is 6.33 Å². The first-order valence-electron chi connectivity index (χ1n) is 5.50. The topological polar surface area (TPSA) is 27.3 Å². The van der Waals surface area contributed by atoms with Gasteiger partial charge < -0.3 is 9.47 Å². The highest BCUT2D eigenvalue weighted by atomic mass is 16.5. The molecule has 0 aliphatic rings. The first kappa shape index (κ1) is 12.2. The number of hydrogen-bond donors (Lipinski definition) is 0. The Labute approximate surface area is 91.4 Å². The van der Waals surface area contributed by atoms with Crippen molar-refractivity contribution in [3.05, 3.63) is 18.7 Å². The summed E-state index contributed by atoms with van der Waals surface area (Å²) < 4.78 is 14.9. The maximum atomic E-state index is 5.47. The van der Waals surface area contributed by atoms with E-state index in [-0.39, 0.29) is 6.10 Å². The van der Waals surface area contributed by atoms with Crippen molar-refractivity contribution >= 4 is 0 Å². The van der Waals surface area contributed by atoms with E-state index in [0.29, 0.717) is 6.73 Å². The SMILES string of the molecule is CCOC[n+]1ccn(CC(C)OCC)c1. The maximum Gasteiger partial charge on any atom is 0.245 e. The van der Waals surface area contributed by atoms with Crippen LogP contribution in [0.25, 0.3) is 0 Å². The van der Waals surface area contributed by atoms with Gasteiger partial charge in [-0.25, -0.2) is 9.13 Å². The molecule has 0 N–H and O–H groups in total. The highest BCUT2D eigenvalue weighted by molar-refractivity contribution is 4.67. The molecule has 0 saturated heterocycles. The predicted octanol–water partition coefficient (Wildman–Crippen LogP) is 1.19. The largest absolute Gasteiger partial charge is 0.375 e. The summed E-state index contributed by atoms with van der Waals surface area (Å²) in [5, 5.41) is 0. The number of aromatic nitrogens is 2. The minimum Gasteiger partial charge on any atom is -0.375 e. The molecular weight excluding hydrogens is 192 g/mol. The molecule has 0 aliphatic heterocycles. The van der Waals surface area contributed by atoms with Gasteiger partial charge in [-0.05, 0) is 20.8 Å². The molecule has 0 aromatic carbocycles. The van der Waals surface area contributed by atoms with Gasteiger partial charge in [-0.15, -0.1) is 0 Å². The van der Waals surface area contributed by atoms with Crippen LogP contribution in [0.15, 0.2) is 18.7 Å². The summed E-state index contributed by atoms with van der Waals surface area (Å²) in [5.41, 5.74) is 0. The van der Waals surface area contributed by atoms with Gasteiger partial charge in [0.05, 0.1) is 6.10 Å². The Morgan fingerprint density at radius 3 is 2.80 bits per heavy atom. The Hall–Kier alpha value is -0.870. The van der Waals surface area contributed by atoms with Crippen LogP contribution in [-0.4, -0.2) is 23.9 Å². The van der Waals surface area contributed by atoms with E-state index in [1.54, 1.807) is 0 Å². The van der Waals surface area contributed by atoms with Crippen molar-refractivity contribution in [1.29, 1.82) is 0 Å². The Balaban J connectivity index is 2.38. The minimum absolute atomic E-state index is 0.253. The average Bonchev–Trinajstić information content (AvgIpc) is 2.63. The molecule has 1 atom stereocenters. The normalized spacial score (nSPS) is 13.0. The molecule has 4 nitrogen and oxygen atoms in total. The number of ether oxygens (including phenoxy) is 2. The minimum atomic E-state index is 0.253. The number of imidazole rings is 1. The van der Waals surface area contributed by atoms with Crippen LogP contribution in [0.1, 0.15) is 20.8 Å². The van der Waals surface area contributed by atoms with Crippen LogP contribution in [0.3, 0.4) is 0 Å². The van der Waals surface area contributed by atoms with E-state index in [9.17, 15) is 0 Å². The highest BCUT2D eigenvalue weighted by Crippen LogP contribution is 1.95. The van der Waals surface area contributed by atoms with Crippen LogP contribution in [-0.2, 0) is 22.7 Å². The van der Waals surface area contributed by atoms with Crippen molar-refractivity contribution in [1.82, 2.24) is 4.57 Å². The molecule has 0 radical (unpaired) electrons. The summed E-state index contributed by atoms with van der Waals surface area (Å²) in [6.45, 7) is 9.10. The van der Waals surface area contributed by atoms with E-state index >= 15 is 0 Å². The third kappa shape index (κ3) is 4.44. The molecule has 0 saturated carbocycles. The van der Waals surface area contributed by atoms with Gasteiger partial charge in [-0.2, -0.15) is 0 Å². The van der Waals surface area contributed by atoms with Crippen LogP contribution in [0.4, 0.5) is 0 Å². The first-order chi connectivity index (χ1) is 7.26. The second-order valence-corrected chi connectivity index (χ2v) is 3.51. The second kappa shape index (κ2) is 6.58. The third-order valence-corrected chi connectivity index (χ3v) is 2.11. The highest BCUT2D eigenvalue weighted by Gasteiger charge is 2.08. The molecule has 1 heterocycles. The summed E-state index contributed by atoms with van der Waals surface area (Å²) in [7, 11) is 0. The van der Waals surface area contributed by atoms with Crippen LogP contribution >= 0.6 is 0 Å². The summed E-state index contributed by atoms with van der Waals surface area (Å²) >= 11 is 0. The summed E-state index contributed by atoms with van der Waals surface area (Å²) in [5.74, 6) is 0. The Morgan fingerprint density at radius 2 is 2.13 bits per heavy atom. The van der Waals surface area contributed by atoms with E-state index < -0.39 is 0 Å². The molecule has 0 fully saturated rings. The van der Waals surface area contributed by atoms with Gasteiger partial charge in [0, 0.05) is 13.2 Å². The van der Waals surface area contributed by atoms with Crippen molar-refractivity contribution in [2.75, 3.05) is 13.2 Å². The molecular formula is C11H21N2O2+. The summed E-state index contributed by atoms with van der Waals surface area (Å²) in [6, 6.07) is 0. The van der Waals surface area contributed by atoms with Crippen molar-refractivity contribution in [3.63, 3.8) is 0 Å². The van der Waals surface area contributed by atoms with Crippen LogP contribution in [0.5, 0.6) is 0 Å². The van der Waals surface area contributed by atoms with E-state index in [1.165, 1.54) is 0 Å². The molecule has 0 bridgehead atoms. The summed E-state index contributed by atoms with van der Waals surface area (Å²) in [4.78, 5) is 0. The monoisotopic (exact) mass is 213 g/mol. The lowest BCUT2D eigenvalue weighted by atomic mass is 10.4. The van der Waals surface area contributed by atoms with Gasteiger partial charge >= 0.3 is 0 Å². The fraction of sp³-hybridized carbons (Fsp3) is 0.727. The molecule has 1 rings (SSSR count). The average molecular weight is 213 g/mol. The van der Waals surface area contributed by atoms with E-state index in [0.717, 1.165) is 19.8 Å². The lowest BCUT2D eigenvalue weighted by Gasteiger charge is -2.07.